The molecule has 0 aliphatic heterocycles. The topological polar surface area (TPSA) is 72.1 Å². The number of carbonyl (C=O) groups excluding carboxylic acids is 1. The molecule has 6 nitrogen and oxygen atoms in total. The van der Waals surface area contributed by atoms with E-state index in [1.54, 1.807) is 0 Å². The quantitative estimate of drug-likeness (QED) is 0.548. The second-order valence-corrected chi connectivity index (χ2v) is 8.54. The molecule has 0 spiro atoms. The zero-order chi connectivity index (χ0) is 19.4. The van der Waals surface area contributed by atoms with Gasteiger partial charge < -0.3 is 9.32 Å². The Kier molecular flexibility index (Phi) is 6.28. The van der Waals surface area contributed by atoms with E-state index in [4.69, 9.17) is 4.42 Å². The molecule has 3 aromatic rings. The lowest BCUT2D eigenvalue weighted by Crippen LogP contribution is -2.37. The van der Waals surface area contributed by atoms with E-state index in [2.05, 4.69) is 15.2 Å². The van der Waals surface area contributed by atoms with Crippen LogP contribution in [0, 0.1) is 13.8 Å². The molecular formula is C19H22N4O2S2. The highest BCUT2D eigenvalue weighted by Crippen LogP contribution is 2.30. The van der Waals surface area contributed by atoms with Crippen LogP contribution >= 0.6 is 23.1 Å². The molecule has 0 N–H and O–H groups in total. The van der Waals surface area contributed by atoms with Crippen molar-refractivity contribution >= 4 is 29.0 Å². The number of aromatic nitrogens is 3. The Morgan fingerprint density at radius 1 is 1.22 bits per heavy atom. The van der Waals surface area contributed by atoms with E-state index in [0.717, 1.165) is 21.1 Å². The SMILES string of the molecule is Cc1nc(C)c(-c2nnc(SCC(=O)N(Cc3ccccc3)C(C)C)o2)s1. The summed E-state index contributed by atoms with van der Waals surface area (Å²) in [6.45, 7) is 8.49. The van der Waals surface area contributed by atoms with Gasteiger partial charge in [-0.1, -0.05) is 42.1 Å². The summed E-state index contributed by atoms with van der Waals surface area (Å²) in [7, 11) is 0. The van der Waals surface area contributed by atoms with Crippen molar-refractivity contribution < 1.29 is 9.21 Å². The van der Waals surface area contributed by atoms with E-state index in [-0.39, 0.29) is 17.7 Å². The Hall–Kier alpha value is -2.19. The van der Waals surface area contributed by atoms with Gasteiger partial charge in [0.25, 0.3) is 11.1 Å². The smallest absolute Gasteiger partial charge is 0.277 e. The van der Waals surface area contributed by atoms with Gasteiger partial charge in [0, 0.05) is 12.6 Å². The second-order valence-electron chi connectivity index (χ2n) is 6.41. The summed E-state index contributed by atoms with van der Waals surface area (Å²) >= 11 is 2.79. The molecule has 0 radical (unpaired) electrons. The van der Waals surface area contributed by atoms with E-state index < -0.39 is 0 Å². The molecule has 0 fully saturated rings. The van der Waals surface area contributed by atoms with Crippen LogP contribution in [0.15, 0.2) is 40.0 Å². The molecule has 0 aliphatic carbocycles. The van der Waals surface area contributed by atoms with Crippen molar-refractivity contribution in [3.63, 3.8) is 0 Å². The molecule has 0 unspecified atom stereocenters. The molecule has 0 saturated carbocycles. The van der Waals surface area contributed by atoms with E-state index in [0.29, 0.717) is 17.7 Å². The number of nitrogens with zero attached hydrogens (tertiary/aromatic N) is 4. The number of hydrogen-bond donors (Lipinski definition) is 0. The minimum atomic E-state index is 0.0448. The van der Waals surface area contributed by atoms with Gasteiger partial charge in [-0.05, 0) is 33.3 Å². The summed E-state index contributed by atoms with van der Waals surface area (Å²) in [5.74, 6) is 0.759. The minimum absolute atomic E-state index is 0.0448. The fourth-order valence-electron chi connectivity index (χ4n) is 2.63. The Morgan fingerprint density at radius 3 is 2.59 bits per heavy atom. The molecule has 1 amide bonds. The average molecular weight is 403 g/mol. The lowest BCUT2D eigenvalue weighted by atomic mass is 10.2. The highest BCUT2D eigenvalue weighted by atomic mass is 32.2. The van der Waals surface area contributed by atoms with Gasteiger partial charge >= 0.3 is 0 Å². The van der Waals surface area contributed by atoms with Gasteiger partial charge in [0.05, 0.1) is 16.5 Å². The fourth-order valence-corrected chi connectivity index (χ4v) is 4.13. The Balaban J connectivity index is 1.63. The number of aryl methyl sites for hydroxylation is 2. The van der Waals surface area contributed by atoms with E-state index in [9.17, 15) is 4.79 Å². The summed E-state index contributed by atoms with van der Waals surface area (Å²) in [4.78, 5) is 19.8. The van der Waals surface area contributed by atoms with Crippen LogP contribution in [0.2, 0.25) is 0 Å². The second kappa shape index (κ2) is 8.67. The molecule has 27 heavy (non-hydrogen) atoms. The summed E-state index contributed by atoms with van der Waals surface area (Å²) in [6, 6.07) is 10.1. The number of amides is 1. The first-order chi connectivity index (χ1) is 12.9. The maximum atomic E-state index is 12.7. The van der Waals surface area contributed by atoms with E-state index in [1.165, 1.54) is 23.1 Å². The van der Waals surface area contributed by atoms with Gasteiger partial charge in [0.2, 0.25) is 5.91 Å². The van der Waals surface area contributed by atoms with Crippen molar-refractivity contribution in [1.82, 2.24) is 20.1 Å². The number of benzene rings is 1. The highest BCUT2D eigenvalue weighted by molar-refractivity contribution is 7.99. The van der Waals surface area contributed by atoms with Crippen LogP contribution in [0.3, 0.4) is 0 Å². The normalized spacial score (nSPS) is 11.1. The van der Waals surface area contributed by atoms with Crippen LogP contribution in [0.1, 0.15) is 30.1 Å². The molecule has 142 valence electrons. The van der Waals surface area contributed by atoms with Crippen LogP contribution in [-0.2, 0) is 11.3 Å². The third kappa shape index (κ3) is 4.95. The maximum absolute atomic E-state index is 12.7. The van der Waals surface area contributed by atoms with Crippen LogP contribution < -0.4 is 0 Å². The molecule has 0 saturated heterocycles. The minimum Gasteiger partial charge on any atom is -0.410 e. The maximum Gasteiger partial charge on any atom is 0.277 e. The average Bonchev–Trinajstić information content (AvgIpc) is 3.24. The predicted molar refractivity (Wildman–Crippen MR) is 108 cm³/mol. The lowest BCUT2D eigenvalue weighted by molar-refractivity contribution is -0.130. The van der Waals surface area contributed by atoms with Gasteiger partial charge in [0.1, 0.15) is 4.88 Å². The Bertz CT molecular complexity index is 906. The summed E-state index contributed by atoms with van der Waals surface area (Å²) in [6.07, 6.45) is 0. The van der Waals surface area contributed by atoms with Crippen LogP contribution in [0.25, 0.3) is 10.8 Å². The monoisotopic (exact) mass is 402 g/mol. The lowest BCUT2D eigenvalue weighted by Gasteiger charge is -2.26. The molecule has 0 atom stereocenters. The molecule has 1 aromatic carbocycles. The van der Waals surface area contributed by atoms with Gasteiger partial charge in [-0.3, -0.25) is 4.79 Å². The number of carbonyl (C=O) groups is 1. The predicted octanol–water partition coefficient (Wildman–Crippen LogP) is 4.34. The highest BCUT2D eigenvalue weighted by Gasteiger charge is 2.20. The van der Waals surface area contributed by atoms with Gasteiger partial charge in [-0.2, -0.15) is 0 Å². The van der Waals surface area contributed by atoms with Crippen molar-refractivity contribution in [2.75, 3.05) is 5.75 Å². The van der Waals surface area contributed by atoms with Gasteiger partial charge in [-0.25, -0.2) is 4.98 Å². The first kappa shape index (κ1) is 19.6. The largest absolute Gasteiger partial charge is 0.410 e. The molecule has 2 aromatic heterocycles. The zero-order valence-electron chi connectivity index (χ0n) is 15.8. The standard InChI is InChI=1S/C19H22N4O2S2/c1-12(2)23(10-15-8-6-5-7-9-15)16(24)11-26-19-22-21-18(25-19)17-13(3)20-14(4)27-17/h5-9,12H,10-11H2,1-4H3. The number of rotatable bonds is 7. The van der Waals surface area contributed by atoms with E-state index >= 15 is 0 Å². The van der Waals surface area contributed by atoms with Crippen molar-refractivity contribution in [3.8, 4) is 10.8 Å². The Morgan fingerprint density at radius 2 is 1.96 bits per heavy atom. The zero-order valence-corrected chi connectivity index (χ0v) is 17.4. The van der Waals surface area contributed by atoms with Crippen LogP contribution in [0.4, 0.5) is 0 Å². The summed E-state index contributed by atoms with van der Waals surface area (Å²) in [5, 5.41) is 9.50. The van der Waals surface area contributed by atoms with Crippen LogP contribution in [-0.4, -0.2) is 37.8 Å². The molecule has 0 bridgehead atoms. The van der Waals surface area contributed by atoms with Crippen molar-refractivity contribution in [2.45, 2.75) is 45.5 Å². The number of hydrogen-bond acceptors (Lipinski definition) is 7. The van der Waals surface area contributed by atoms with Crippen LogP contribution in [0.5, 0.6) is 0 Å². The van der Waals surface area contributed by atoms with E-state index in [1.807, 2.05) is 62.9 Å². The molecular weight excluding hydrogens is 380 g/mol. The number of thioether (sulfide) groups is 1. The third-order valence-corrected chi connectivity index (χ3v) is 5.83. The first-order valence-corrected chi connectivity index (χ1v) is 10.5. The van der Waals surface area contributed by atoms with Crippen molar-refractivity contribution in [1.29, 1.82) is 0 Å². The van der Waals surface area contributed by atoms with Crippen molar-refractivity contribution in [3.05, 3.63) is 46.6 Å². The van der Waals surface area contributed by atoms with Gasteiger partial charge in [-0.15, -0.1) is 21.5 Å². The Labute approximate surface area is 167 Å². The molecule has 0 aliphatic rings. The molecule has 3 rings (SSSR count). The number of thiazole rings is 1. The van der Waals surface area contributed by atoms with Gasteiger partial charge in [0.15, 0.2) is 0 Å². The summed E-state index contributed by atoms with van der Waals surface area (Å²) < 4.78 is 5.71. The van der Waals surface area contributed by atoms with Crippen molar-refractivity contribution in [2.24, 2.45) is 0 Å². The molecule has 8 heteroatoms. The fraction of sp³-hybridized carbons (Fsp3) is 0.368. The molecule has 2 heterocycles. The third-order valence-electron chi connectivity index (χ3n) is 3.96. The first-order valence-electron chi connectivity index (χ1n) is 8.68. The summed E-state index contributed by atoms with van der Waals surface area (Å²) in [5.41, 5.74) is 1.99.